The van der Waals surface area contributed by atoms with E-state index in [1.54, 1.807) is 23.6 Å². The normalized spacial score (nSPS) is 20.3. The van der Waals surface area contributed by atoms with Gasteiger partial charge in [0.15, 0.2) is 0 Å². The summed E-state index contributed by atoms with van der Waals surface area (Å²) in [5, 5.41) is 0.0508. The SMILES string of the molecule is C=CC(=O)N1C[C@H](C)N(c2nc(=O)n3c4c(c(-c5ccc(F)cc5F)c(C(F)(F)F)cc24)SC[C@@H]3COCCOC)C[C@H]1C. The molecule has 236 valence electrons. The number of anilines is 1. The lowest BCUT2D eigenvalue weighted by molar-refractivity contribution is -0.137. The van der Waals surface area contributed by atoms with E-state index in [2.05, 4.69) is 11.6 Å². The average Bonchev–Trinajstić information content (AvgIpc) is 2.97. The van der Waals surface area contributed by atoms with Crippen LogP contribution in [0.15, 0.2) is 46.6 Å². The van der Waals surface area contributed by atoms with Crippen LogP contribution in [0.3, 0.4) is 0 Å². The zero-order chi connectivity index (χ0) is 31.9. The first-order chi connectivity index (χ1) is 20.9. The van der Waals surface area contributed by atoms with Gasteiger partial charge in [-0.1, -0.05) is 6.58 Å². The van der Waals surface area contributed by atoms with Crippen molar-refractivity contribution in [3.05, 3.63) is 64.6 Å². The third-order valence-corrected chi connectivity index (χ3v) is 9.13. The van der Waals surface area contributed by atoms with Crippen LogP contribution < -0.4 is 10.6 Å². The highest BCUT2D eigenvalue weighted by atomic mass is 32.2. The molecule has 2 aliphatic rings. The van der Waals surface area contributed by atoms with Gasteiger partial charge in [-0.2, -0.15) is 18.2 Å². The number of nitrogens with zero attached hydrogens (tertiary/aromatic N) is 4. The summed E-state index contributed by atoms with van der Waals surface area (Å²) in [6.45, 7) is 8.12. The van der Waals surface area contributed by atoms with Gasteiger partial charge in [0.25, 0.3) is 0 Å². The van der Waals surface area contributed by atoms with Gasteiger partial charge in [-0.15, -0.1) is 11.8 Å². The van der Waals surface area contributed by atoms with Gasteiger partial charge in [0.05, 0.1) is 36.9 Å². The molecule has 44 heavy (non-hydrogen) atoms. The van der Waals surface area contributed by atoms with E-state index in [1.807, 2.05) is 0 Å². The van der Waals surface area contributed by atoms with E-state index >= 15 is 4.39 Å². The van der Waals surface area contributed by atoms with Crippen LogP contribution >= 0.6 is 11.8 Å². The second-order valence-electron chi connectivity index (χ2n) is 10.8. The number of thioether (sulfide) groups is 1. The third kappa shape index (κ3) is 5.82. The van der Waals surface area contributed by atoms with Gasteiger partial charge >= 0.3 is 11.9 Å². The number of carbonyl (C=O) groups excluding carboxylic acids is 1. The van der Waals surface area contributed by atoms with Crippen molar-refractivity contribution in [2.45, 2.75) is 43.0 Å². The summed E-state index contributed by atoms with van der Waals surface area (Å²) in [6.07, 6.45) is -3.74. The predicted molar refractivity (Wildman–Crippen MR) is 157 cm³/mol. The van der Waals surface area contributed by atoms with Crippen LogP contribution in [0.5, 0.6) is 0 Å². The molecule has 2 aromatic carbocycles. The van der Waals surface area contributed by atoms with Crippen LogP contribution in [-0.2, 0) is 20.4 Å². The Labute approximate surface area is 254 Å². The lowest BCUT2D eigenvalue weighted by Crippen LogP contribution is -2.58. The van der Waals surface area contributed by atoms with Crippen molar-refractivity contribution in [2.75, 3.05) is 50.7 Å². The van der Waals surface area contributed by atoms with Gasteiger partial charge in [-0.25, -0.2) is 13.6 Å². The Morgan fingerprint density at radius 3 is 2.57 bits per heavy atom. The zero-order valence-electron chi connectivity index (χ0n) is 24.3. The van der Waals surface area contributed by atoms with Crippen molar-refractivity contribution in [1.29, 1.82) is 0 Å². The van der Waals surface area contributed by atoms with Crippen LogP contribution in [0, 0.1) is 11.6 Å². The molecule has 8 nitrogen and oxygen atoms in total. The Bertz CT molecular complexity index is 1660. The molecular formula is C30H31F5N4O4S. The van der Waals surface area contributed by atoms with E-state index < -0.39 is 52.3 Å². The fourth-order valence-electron chi connectivity index (χ4n) is 5.82. The molecule has 0 N–H and O–H groups in total. The number of ether oxygens (including phenoxy) is 2. The quantitative estimate of drug-likeness (QED) is 0.189. The highest BCUT2D eigenvalue weighted by Gasteiger charge is 2.41. The largest absolute Gasteiger partial charge is 0.417 e. The van der Waals surface area contributed by atoms with Gasteiger partial charge in [-0.05, 0) is 38.1 Å². The fraction of sp³-hybridized carbons (Fsp3) is 0.433. The van der Waals surface area contributed by atoms with Crippen molar-refractivity contribution in [3.63, 3.8) is 0 Å². The number of halogens is 5. The van der Waals surface area contributed by atoms with Gasteiger partial charge < -0.3 is 19.3 Å². The minimum Gasteiger partial charge on any atom is -0.382 e. The van der Waals surface area contributed by atoms with Crippen LogP contribution in [-0.4, -0.2) is 78.2 Å². The zero-order valence-corrected chi connectivity index (χ0v) is 25.1. The molecule has 1 aromatic heterocycles. The van der Waals surface area contributed by atoms with Crippen LogP contribution in [0.25, 0.3) is 22.0 Å². The molecule has 0 saturated carbocycles. The smallest absolute Gasteiger partial charge is 0.382 e. The number of carbonyl (C=O) groups is 1. The monoisotopic (exact) mass is 638 g/mol. The number of benzene rings is 2. The molecule has 3 heterocycles. The molecule has 1 saturated heterocycles. The summed E-state index contributed by atoms with van der Waals surface area (Å²) in [7, 11) is 1.51. The molecule has 0 spiro atoms. The Morgan fingerprint density at radius 2 is 1.91 bits per heavy atom. The van der Waals surface area contributed by atoms with Crippen LogP contribution in [0.1, 0.15) is 25.5 Å². The lowest BCUT2D eigenvalue weighted by Gasteiger charge is -2.45. The Morgan fingerprint density at radius 1 is 1.16 bits per heavy atom. The maximum absolute atomic E-state index is 15.2. The van der Waals surface area contributed by atoms with Crippen molar-refractivity contribution in [2.24, 2.45) is 0 Å². The molecule has 3 aromatic rings. The number of aromatic nitrogens is 2. The molecule has 1 amide bonds. The first-order valence-corrected chi connectivity index (χ1v) is 14.9. The lowest BCUT2D eigenvalue weighted by atomic mass is 9.95. The van der Waals surface area contributed by atoms with Crippen LogP contribution in [0.2, 0.25) is 0 Å². The standard InChI is InChI=1S/C30H31F5N4O4S/c1-5-24(40)37-12-17(3)38(13-16(37)2)28-21-11-22(30(33,34)35)25(20-7-6-18(31)10-23(20)32)27-26(21)39(29(41)36-28)19(15-44-27)14-43-9-8-42-4/h5-7,10-11,16-17,19H,1,8-9,12-15H2,2-4H3/t16-,17+,19+/m1/s1. The molecule has 0 aliphatic carbocycles. The molecule has 3 atom stereocenters. The fourth-order valence-corrected chi connectivity index (χ4v) is 7.14. The number of alkyl halides is 3. The van der Waals surface area contributed by atoms with Crippen LogP contribution in [0.4, 0.5) is 27.8 Å². The van der Waals surface area contributed by atoms with E-state index in [-0.39, 0.29) is 65.6 Å². The molecule has 0 bridgehead atoms. The summed E-state index contributed by atoms with van der Waals surface area (Å²) < 4.78 is 85.4. The van der Waals surface area contributed by atoms with Crippen molar-refractivity contribution < 1.29 is 36.2 Å². The minimum atomic E-state index is -4.94. The molecular weight excluding hydrogens is 607 g/mol. The number of amides is 1. The molecule has 1 fully saturated rings. The topological polar surface area (TPSA) is 76.9 Å². The maximum Gasteiger partial charge on any atom is 0.417 e. The van der Waals surface area contributed by atoms with Gasteiger partial charge in [0, 0.05) is 65.5 Å². The van der Waals surface area contributed by atoms with E-state index in [0.29, 0.717) is 12.7 Å². The summed E-state index contributed by atoms with van der Waals surface area (Å²) >= 11 is 1.05. The highest BCUT2D eigenvalue weighted by Crippen LogP contribution is 2.50. The number of rotatable bonds is 8. The summed E-state index contributed by atoms with van der Waals surface area (Å²) in [4.78, 5) is 33.9. The first-order valence-electron chi connectivity index (χ1n) is 13.9. The molecule has 5 rings (SSSR count). The van der Waals surface area contributed by atoms with E-state index in [4.69, 9.17) is 9.47 Å². The Kier molecular flexibility index (Phi) is 9.06. The van der Waals surface area contributed by atoms with E-state index in [0.717, 1.165) is 30.0 Å². The molecule has 0 radical (unpaired) electrons. The number of piperazine rings is 1. The minimum absolute atomic E-state index is 0.0331. The Hall–Kier alpha value is -3.49. The summed E-state index contributed by atoms with van der Waals surface area (Å²) in [6, 6.07) is 1.91. The summed E-state index contributed by atoms with van der Waals surface area (Å²) in [5.74, 6) is -2.21. The highest BCUT2D eigenvalue weighted by molar-refractivity contribution is 7.99. The molecule has 2 aliphatic heterocycles. The van der Waals surface area contributed by atoms with E-state index in [9.17, 15) is 27.2 Å². The summed E-state index contributed by atoms with van der Waals surface area (Å²) in [5.41, 5.74) is -2.59. The maximum atomic E-state index is 15.2. The molecule has 14 heteroatoms. The van der Waals surface area contributed by atoms with Gasteiger partial charge in [0.1, 0.15) is 17.5 Å². The first kappa shape index (κ1) is 31.9. The number of methoxy groups -OCH3 is 1. The third-order valence-electron chi connectivity index (χ3n) is 7.89. The second kappa shape index (κ2) is 12.5. The van der Waals surface area contributed by atoms with Gasteiger partial charge in [-0.3, -0.25) is 9.36 Å². The van der Waals surface area contributed by atoms with Crippen molar-refractivity contribution in [3.8, 4) is 11.1 Å². The van der Waals surface area contributed by atoms with E-state index in [1.165, 1.54) is 17.8 Å². The number of hydrogen-bond donors (Lipinski definition) is 0. The average molecular weight is 639 g/mol. The van der Waals surface area contributed by atoms with Crippen molar-refractivity contribution >= 4 is 34.4 Å². The van der Waals surface area contributed by atoms with Gasteiger partial charge in [0.2, 0.25) is 5.91 Å². The molecule has 0 unspecified atom stereocenters. The van der Waals surface area contributed by atoms with Crippen molar-refractivity contribution in [1.82, 2.24) is 14.5 Å². The number of hydrogen-bond acceptors (Lipinski definition) is 7. The predicted octanol–water partition coefficient (Wildman–Crippen LogP) is 5.28. The second-order valence-corrected chi connectivity index (χ2v) is 11.8. The Balaban J connectivity index is 1.79.